The van der Waals surface area contributed by atoms with Crippen LogP contribution in [-0.4, -0.2) is 21.6 Å². The first kappa shape index (κ1) is 18.2. The Hall–Kier alpha value is -1.64. The second kappa shape index (κ2) is 7.31. The molecular weight excluding hydrogens is 411 g/mol. The van der Waals surface area contributed by atoms with Crippen LogP contribution in [0.25, 0.3) is 0 Å². The smallest absolute Gasteiger partial charge is 0.240 e. The van der Waals surface area contributed by atoms with Gasteiger partial charge in [0, 0.05) is 22.6 Å². The van der Waals surface area contributed by atoms with Crippen molar-refractivity contribution in [3.05, 3.63) is 52.3 Å². The van der Waals surface area contributed by atoms with E-state index in [2.05, 4.69) is 26.0 Å². The third-order valence-electron chi connectivity index (χ3n) is 3.86. The lowest BCUT2D eigenvalue weighted by atomic mass is 10.2. The summed E-state index contributed by atoms with van der Waals surface area (Å²) in [6.07, 6.45) is 1.73. The quantitative estimate of drug-likeness (QED) is 0.705. The van der Waals surface area contributed by atoms with Crippen LogP contribution in [0.1, 0.15) is 18.4 Å². The molecule has 3 rings (SSSR count). The van der Waals surface area contributed by atoms with E-state index in [1.807, 2.05) is 0 Å². The summed E-state index contributed by atoms with van der Waals surface area (Å²) in [4.78, 5) is 0.152. The van der Waals surface area contributed by atoms with Crippen molar-refractivity contribution < 1.29 is 17.5 Å². The van der Waals surface area contributed by atoms with Crippen molar-refractivity contribution in [3.8, 4) is 5.75 Å². The minimum absolute atomic E-state index is 0.0281. The molecule has 0 amide bonds. The van der Waals surface area contributed by atoms with Gasteiger partial charge in [-0.1, -0.05) is 22.0 Å². The molecule has 1 fully saturated rings. The third kappa shape index (κ3) is 4.50. The Labute approximate surface area is 154 Å². The van der Waals surface area contributed by atoms with Crippen molar-refractivity contribution in [2.75, 3.05) is 12.4 Å². The van der Waals surface area contributed by atoms with Crippen molar-refractivity contribution >= 4 is 31.6 Å². The molecule has 0 bridgehead atoms. The van der Waals surface area contributed by atoms with E-state index in [-0.39, 0.29) is 23.3 Å². The molecule has 1 saturated carbocycles. The highest BCUT2D eigenvalue weighted by Crippen LogP contribution is 2.29. The van der Waals surface area contributed by atoms with E-state index >= 15 is 0 Å². The summed E-state index contributed by atoms with van der Waals surface area (Å²) in [6.45, 7) is 0.203. The van der Waals surface area contributed by atoms with Crippen molar-refractivity contribution in [1.82, 2.24) is 4.72 Å². The summed E-state index contributed by atoms with van der Waals surface area (Å²) >= 11 is 3.22. The summed E-state index contributed by atoms with van der Waals surface area (Å²) in [5.74, 6) is 0.142. The topological polar surface area (TPSA) is 67.4 Å². The van der Waals surface area contributed by atoms with Gasteiger partial charge in [0.2, 0.25) is 10.0 Å². The molecule has 0 heterocycles. The molecule has 134 valence electrons. The Morgan fingerprint density at radius 1 is 1.24 bits per heavy atom. The highest BCUT2D eigenvalue weighted by atomic mass is 79.9. The highest BCUT2D eigenvalue weighted by molar-refractivity contribution is 9.10. The lowest BCUT2D eigenvalue weighted by molar-refractivity contribution is 0.416. The first-order valence-corrected chi connectivity index (χ1v) is 10.0. The predicted molar refractivity (Wildman–Crippen MR) is 97.8 cm³/mol. The van der Waals surface area contributed by atoms with E-state index < -0.39 is 10.0 Å². The monoisotopic (exact) mass is 428 g/mol. The fourth-order valence-corrected chi connectivity index (χ4v) is 4.00. The molecule has 1 aliphatic rings. The second-order valence-corrected chi connectivity index (χ2v) is 8.48. The molecule has 2 N–H and O–H groups in total. The largest absolute Gasteiger partial charge is 0.495 e. The van der Waals surface area contributed by atoms with E-state index in [1.165, 1.54) is 25.3 Å². The van der Waals surface area contributed by atoms with Gasteiger partial charge >= 0.3 is 0 Å². The number of benzene rings is 2. The molecule has 5 nitrogen and oxygen atoms in total. The zero-order valence-corrected chi connectivity index (χ0v) is 16.0. The van der Waals surface area contributed by atoms with E-state index in [0.29, 0.717) is 21.5 Å². The molecule has 0 atom stereocenters. The summed E-state index contributed by atoms with van der Waals surface area (Å²) in [7, 11) is -2.07. The van der Waals surface area contributed by atoms with Gasteiger partial charge in [0.05, 0.1) is 17.7 Å². The van der Waals surface area contributed by atoms with Gasteiger partial charge in [0.15, 0.2) is 0 Å². The van der Waals surface area contributed by atoms with Crippen LogP contribution in [0.4, 0.5) is 10.1 Å². The SMILES string of the molecule is COc1ccc(S(=O)(=O)NC2CC2)cc1NCc1ccc(Br)cc1F. The maximum Gasteiger partial charge on any atom is 0.240 e. The fourth-order valence-electron chi connectivity index (χ4n) is 2.34. The van der Waals surface area contributed by atoms with E-state index in [9.17, 15) is 12.8 Å². The van der Waals surface area contributed by atoms with Crippen LogP contribution in [0.3, 0.4) is 0 Å². The average Bonchev–Trinajstić information content (AvgIpc) is 3.37. The van der Waals surface area contributed by atoms with Crippen LogP contribution in [0.5, 0.6) is 5.75 Å². The third-order valence-corrected chi connectivity index (χ3v) is 5.88. The van der Waals surface area contributed by atoms with Crippen LogP contribution >= 0.6 is 15.9 Å². The minimum Gasteiger partial charge on any atom is -0.495 e. The van der Waals surface area contributed by atoms with Crippen molar-refractivity contribution in [2.45, 2.75) is 30.3 Å². The molecule has 0 spiro atoms. The Kier molecular flexibility index (Phi) is 5.31. The van der Waals surface area contributed by atoms with Gasteiger partial charge in [-0.2, -0.15) is 0 Å². The Morgan fingerprint density at radius 2 is 2.00 bits per heavy atom. The van der Waals surface area contributed by atoms with Crippen LogP contribution in [-0.2, 0) is 16.6 Å². The second-order valence-electron chi connectivity index (χ2n) is 5.85. The molecule has 0 saturated heterocycles. The molecule has 2 aromatic rings. The summed E-state index contributed by atoms with van der Waals surface area (Å²) in [6, 6.07) is 9.40. The van der Waals surface area contributed by atoms with Crippen LogP contribution in [0.2, 0.25) is 0 Å². The molecule has 25 heavy (non-hydrogen) atoms. The van der Waals surface area contributed by atoms with Gasteiger partial charge < -0.3 is 10.1 Å². The molecule has 8 heteroatoms. The van der Waals surface area contributed by atoms with Gasteiger partial charge in [-0.25, -0.2) is 17.5 Å². The number of methoxy groups -OCH3 is 1. The number of ether oxygens (including phenoxy) is 1. The van der Waals surface area contributed by atoms with Gasteiger partial charge in [-0.3, -0.25) is 0 Å². The van der Waals surface area contributed by atoms with Crippen LogP contribution in [0, 0.1) is 5.82 Å². The van der Waals surface area contributed by atoms with Crippen LogP contribution < -0.4 is 14.8 Å². The first-order valence-electron chi connectivity index (χ1n) is 7.77. The Morgan fingerprint density at radius 3 is 2.64 bits per heavy atom. The lowest BCUT2D eigenvalue weighted by Crippen LogP contribution is -2.25. The average molecular weight is 429 g/mol. The Balaban J connectivity index is 1.82. The Bertz CT molecular complexity index is 885. The zero-order chi connectivity index (χ0) is 18.0. The van der Waals surface area contributed by atoms with Crippen molar-refractivity contribution in [1.29, 1.82) is 0 Å². The normalized spacial score (nSPS) is 14.4. The molecule has 0 unspecified atom stereocenters. The lowest BCUT2D eigenvalue weighted by Gasteiger charge is -2.14. The summed E-state index contributed by atoms with van der Waals surface area (Å²) < 4.78 is 47.2. The first-order chi connectivity index (χ1) is 11.9. The molecule has 0 aromatic heterocycles. The number of sulfonamides is 1. The number of hydrogen-bond donors (Lipinski definition) is 2. The molecule has 1 aliphatic carbocycles. The van der Waals surface area contributed by atoms with Gasteiger partial charge in [-0.05, 0) is 43.2 Å². The van der Waals surface area contributed by atoms with Gasteiger partial charge in [0.25, 0.3) is 0 Å². The number of hydrogen-bond acceptors (Lipinski definition) is 4. The van der Waals surface area contributed by atoms with E-state index in [1.54, 1.807) is 18.2 Å². The predicted octanol–water partition coefficient (Wildman–Crippen LogP) is 3.65. The molecular formula is C17H18BrFN2O3S. The number of anilines is 1. The fraction of sp³-hybridized carbons (Fsp3) is 0.294. The van der Waals surface area contributed by atoms with Gasteiger partial charge in [-0.15, -0.1) is 0 Å². The molecule has 2 aromatic carbocycles. The standard InChI is InChI=1S/C17H18BrFN2O3S/c1-24-17-7-6-14(25(22,23)21-13-4-5-13)9-16(17)20-10-11-2-3-12(18)8-15(11)19/h2-3,6-9,13,20-21H,4-5,10H2,1H3. The summed E-state index contributed by atoms with van der Waals surface area (Å²) in [5.41, 5.74) is 0.957. The minimum atomic E-state index is -3.57. The highest BCUT2D eigenvalue weighted by Gasteiger charge is 2.28. The van der Waals surface area contributed by atoms with Crippen molar-refractivity contribution in [2.24, 2.45) is 0 Å². The van der Waals surface area contributed by atoms with Crippen LogP contribution in [0.15, 0.2) is 45.8 Å². The zero-order valence-electron chi connectivity index (χ0n) is 13.6. The number of rotatable bonds is 7. The number of nitrogens with one attached hydrogen (secondary N) is 2. The maximum atomic E-state index is 13.9. The molecule has 0 radical (unpaired) electrons. The van der Waals surface area contributed by atoms with E-state index in [4.69, 9.17) is 4.74 Å². The van der Waals surface area contributed by atoms with Gasteiger partial charge in [0.1, 0.15) is 11.6 Å². The van der Waals surface area contributed by atoms with Crippen molar-refractivity contribution in [3.63, 3.8) is 0 Å². The summed E-state index contributed by atoms with van der Waals surface area (Å²) in [5, 5.41) is 3.05. The van der Waals surface area contributed by atoms with E-state index in [0.717, 1.165) is 12.8 Å². The maximum absolute atomic E-state index is 13.9. The number of halogens is 2. The molecule has 0 aliphatic heterocycles.